The quantitative estimate of drug-likeness (QED) is 0.503. The Morgan fingerprint density at radius 2 is 1.85 bits per heavy atom. The molecule has 0 radical (unpaired) electrons. The molecule has 4 nitrogen and oxygen atoms in total. The van der Waals surface area contributed by atoms with Gasteiger partial charge in [0.25, 0.3) is 6.43 Å². The molecule has 2 aromatic carbocycles. The van der Waals surface area contributed by atoms with Gasteiger partial charge in [-0.2, -0.15) is 5.10 Å². The first-order valence-electron chi connectivity index (χ1n) is 7.99. The number of benzene rings is 2. The van der Waals surface area contributed by atoms with Crippen molar-refractivity contribution in [3.05, 3.63) is 82.6 Å². The predicted molar refractivity (Wildman–Crippen MR) is 99.3 cm³/mol. The van der Waals surface area contributed by atoms with E-state index in [0.29, 0.717) is 22.3 Å². The van der Waals surface area contributed by atoms with Gasteiger partial charge in [0.05, 0.1) is 15.9 Å². The van der Waals surface area contributed by atoms with E-state index in [0.717, 1.165) is 11.3 Å². The van der Waals surface area contributed by atoms with Gasteiger partial charge in [-0.25, -0.2) is 13.5 Å². The number of nitrogens with zero attached hydrogens (tertiary/aromatic N) is 2. The van der Waals surface area contributed by atoms with Crippen LogP contribution in [0.1, 0.15) is 11.3 Å². The first kappa shape index (κ1) is 18.2. The van der Waals surface area contributed by atoms with Gasteiger partial charge in [-0.05, 0) is 35.9 Å². The number of rotatable bonds is 6. The van der Waals surface area contributed by atoms with Crippen LogP contribution in [0.3, 0.4) is 0 Å². The molecule has 0 amide bonds. The highest BCUT2D eigenvalue weighted by Gasteiger charge is 2.16. The lowest BCUT2D eigenvalue weighted by atomic mass is 10.1. The summed E-state index contributed by atoms with van der Waals surface area (Å²) in [6.45, 7) is 0. The normalized spacial score (nSPS) is 12.2. The molecule has 0 aliphatic rings. The maximum Gasteiger partial charge on any atom is 0.282 e. The molecule has 0 aliphatic heterocycles. The second kappa shape index (κ2) is 8.16. The van der Waals surface area contributed by atoms with Crippen LogP contribution in [0, 0.1) is 4.51 Å². The summed E-state index contributed by atoms with van der Waals surface area (Å²) < 4.78 is 27.3. The summed E-state index contributed by atoms with van der Waals surface area (Å²) in [4.78, 5) is 0. The molecular formula is C19H17F2N3OS. The van der Waals surface area contributed by atoms with Crippen molar-refractivity contribution in [2.75, 3.05) is 5.32 Å². The number of aliphatic hydroxyl groups is 1. The Kier molecular flexibility index (Phi) is 5.70. The minimum atomic E-state index is -2.86. The van der Waals surface area contributed by atoms with Crippen molar-refractivity contribution in [2.24, 2.45) is 0 Å². The van der Waals surface area contributed by atoms with E-state index in [1.165, 1.54) is 0 Å². The van der Waals surface area contributed by atoms with Gasteiger partial charge in [-0.1, -0.05) is 42.5 Å². The molecule has 1 aromatic heterocycles. The predicted octanol–water partition coefficient (Wildman–Crippen LogP) is 4.19. The van der Waals surface area contributed by atoms with Crippen LogP contribution in [-0.4, -0.2) is 27.5 Å². The lowest BCUT2D eigenvalue weighted by molar-refractivity contribution is 0.0127. The van der Waals surface area contributed by atoms with Crippen LogP contribution >= 0.6 is 12.2 Å². The van der Waals surface area contributed by atoms with Crippen LogP contribution in [0.5, 0.6) is 0 Å². The topological polar surface area (TPSA) is 50.1 Å². The highest BCUT2D eigenvalue weighted by molar-refractivity contribution is 7.71. The zero-order valence-corrected chi connectivity index (χ0v) is 14.5. The second-order valence-electron chi connectivity index (χ2n) is 5.71. The largest absolute Gasteiger partial charge is 0.368 e. The van der Waals surface area contributed by atoms with E-state index in [1.807, 2.05) is 42.5 Å². The lowest BCUT2D eigenvalue weighted by Gasteiger charge is -2.14. The number of aliphatic hydroxyl groups excluding tert-OH is 1. The van der Waals surface area contributed by atoms with Crippen molar-refractivity contribution in [3.8, 4) is 5.69 Å². The molecule has 3 rings (SSSR count). The molecule has 1 unspecified atom stereocenters. The molecule has 0 aliphatic carbocycles. The van der Waals surface area contributed by atoms with E-state index in [4.69, 9.17) is 12.2 Å². The molecule has 3 aromatic rings. The van der Waals surface area contributed by atoms with Crippen molar-refractivity contribution in [1.82, 2.24) is 9.78 Å². The number of alkyl halides is 2. The van der Waals surface area contributed by atoms with E-state index >= 15 is 0 Å². The lowest BCUT2D eigenvalue weighted by Crippen LogP contribution is -2.26. The van der Waals surface area contributed by atoms with E-state index in [-0.39, 0.29) is 0 Å². The Morgan fingerprint density at radius 3 is 2.58 bits per heavy atom. The molecule has 0 saturated carbocycles. The smallest absolute Gasteiger partial charge is 0.282 e. The highest BCUT2D eigenvalue weighted by Crippen LogP contribution is 2.17. The third kappa shape index (κ3) is 4.50. The summed E-state index contributed by atoms with van der Waals surface area (Å²) in [5.74, 6) is 0. The van der Waals surface area contributed by atoms with Crippen molar-refractivity contribution in [1.29, 1.82) is 0 Å². The fraction of sp³-hybridized carbons (Fsp3) is 0.158. The van der Waals surface area contributed by atoms with E-state index in [2.05, 4.69) is 10.4 Å². The molecule has 1 heterocycles. The molecule has 134 valence electrons. The fourth-order valence-electron chi connectivity index (χ4n) is 2.49. The Bertz CT molecular complexity index is 931. The van der Waals surface area contributed by atoms with Gasteiger partial charge in [0, 0.05) is 18.3 Å². The molecule has 0 saturated heterocycles. The summed E-state index contributed by atoms with van der Waals surface area (Å²) >= 11 is 5.37. The first-order chi connectivity index (χ1) is 12.5. The Hall–Kier alpha value is -2.64. The van der Waals surface area contributed by atoms with Crippen LogP contribution in [0.4, 0.5) is 14.5 Å². The average Bonchev–Trinajstić information content (AvgIpc) is 2.64. The molecular weight excluding hydrogens is 356 g/mol. The zero-order chi connectivity index (χ0) is 18.5. The maximum absolute atomic E-state index is 12.5. The summed E-state index contributed by atoms with van der Waals surface area (Å²) in [5, 5.41) is 16.2. The van der Waals surface area contributed by atoms with Crippen LogP contribution in [0.15, 0.2) is 66.9 Å². The number of para-hydroxylation sites is 1. The van der Waals surface area contributed by atoms with Crippen LogP contribution in [0.25, 0.3) is 5.69 Å². The second-order valence-corrected chi connectivity index (χ2v) is 6.15. The number of halogens is 2. The summed E-state index contributed by atoms with van der Waals surface area (Å²) in [5.41, 5.74) is 2.88. The fourth-order valence-corrected chi connectivity index (χ4v) is 2.67. The number of hydrogen-bond donors (Lipinski definition) is 2. The number of anilines is 1. The van der Waals surface area contributed by atoms with Crippen LogP contribution in [-0.2, 0) is 6.42 Å². The van der Waals surface area contributed by atoms with Crippen molar-refractivity contribution in [3.63, 3.8) is 0 Å². The maximum atomic E-state index is 12.5. The number of nitrogens with one attached hydrogen (secondary N) is 1. The van der Waals surface area contributed by atoms with Gasteiger partial charge < -0.3 is 10.4 Å². The highest BCUT2D eigenvalue weighted by atomic mass is 32.1. The van der Waals surface area contributed by atoms with Gasteiger partial charge in [-0.15, -0.1) is 0 Å². The summed E-state index contributed by atoms with van der Waals surface area (Å²) in [6, 6.07) is 18.4. The SMILES string of the molecule is OC(Nc1cccc(Cc2nn(-c3ccccc3)ccc2=S)c1)C(F)F. The van der Waals surface area contributed by atoms with Crippen molar-refractivity contribution < 1.29 is 13.9 Å². The summed E-state index contributed by atoms with van der Waals surface area (Å²) in [7, 11) is 0. The average molecular weight is 373 g/mol. The van der Waals surface area contributed by atoms with Gasteiger partial charge in [-0.3, -0.25) is 0 Å². The van der Waals surface area contributed by atoms with Gasteiger partial charge in [0.1, 0.15) is 0 Å². The van der Waals surface area contributed by atoms with E-state index in [9.17, 15) is 13.9 Å². The minimum absolute atomic E-state index is 0.410. The van der Waals surface area contributed by atoms with Gasteiger partial charge >= 0.3 is 0 Å². The standard InChI is InChI=1S/C19H17F2N3OS/c20-18(21)19(25)22-14-6-4-5-13(11-14)12-16-17(26)9-10-24(23-16)15-7-2-1-3-8-15/h1-11,18-19,22,25H,12H2. The van der Waals surface area contributed by atoms with Crippen LogP contribution in [0.2, 0.25) is 0 Å². The molecule has 2 N–H and O–H groups in total. The minimum Gasteiger partial charge on any atom is -0.368 e. The molecule has 1 atom stereocenters. The van der Waals surface area contributed by atoms with Crippen molar-refractivity contribution in [2.45, 2.75) is 19.1 Å². The Morgan fingerprint density at radius 1 is 1.08 bits per heavy atom. The Labute approximate surface area is 154 Å². The number of hydrogen-bond acceptors (Lipinski definition) is 4. The van der Waals surface area contributed by atoms with E-state index < -0.39 is 12.7 Å². The van der Waals surface area contributed by atoms with Gasteiger partial charge in [0.2, 0.25) is 0 Å². The van der Waals surface area contributed by atoms with Crippen molar-refractivity contribution >= 4 is 17.9 Å². The summed E-state index contributed by atoms with van der Waals surface area (Å²) in [6.07, 6.45) is -2.52. The van der Waals surface area contributed by atoms with Gasteiger partial charge in [0.15, 0.2) is 6.23 Å². The third-order valence-electron chi connectivity index (χ3n) is 3.75. The zero-order valence-electron chi connectivity index (χ0n) is 13.7. The molecule has 0 fully saturated rings. The molecule has 7 heteroatoms. The third-order valence-corrected chi connectivity index (χ3v) is 4.12. The number of aromatic nitrogens is 2. The monoisotopic (exact) mass is 373 g/mol. The molecule has 0 bridgehead atoms. The molecule has 26 heavy (non-hydrogen) atoms. The Balaban J connectivity index is 1.84. The molecule has 0 spiro atoms. The van der Waals surface area contributed by atoms with E-state index in [1.54, 1.807) is 29.1 Å². The first-order valence-corrected chi connectivity index (χ1v) is 8.40. The van der Waals surface area contributed by atoms with Crippen LogP contribution < -0.4 is 5.32 Å².